The van der Waals surface area contributed by atoms with Crippen LogP contribution >= 0.6 is 0 Å². The molecule has 4 N–H and O–H groups in total. The maximum Gasteiger partial charge on any atom is 0.272 e. The largest absolute Gasteiger partial charge is 0.349 e. The Morgan fingerprint density at radius 2 is 1.97 bits per heavy atom. The van der Waals surface area contributed by atoms with Gasteiger partial charge in [0.25, 0.3) is 5.91 Å². The maximum absolute atomic E-state index is 13.1. The first-order valence-electron chi connectivity index (χ1n) is 11.6. The molecule has 35 heavy (non-hydrogen) atoms. The van der Waals surface area contributed by atoms with Crippen molar-refractivity contribution in [1.29, 1.82) is 5.26 Å². The summed E-state index contributed by atoms with van der Waals surface area (Å²) in [5.41, 5.74) is 2.93. The van der Waals surface area contributed by atoms with Crippen LogP contribution in [-0.4, -0.2) is 37.4 Å². The van der Waals surface area contributed by atoms with Crippen molar-refractivity contribution in [3.05, 3.63) is 53.7 Å². The summed E-state index contributed by atoms with van der Waals surface area (Å²) in [7, 11) is 0. The minimum Gasteiger partial charge on any atom is -0.349 e. The van der Waals surface area contributed by atoms with Crippen LogP contribution in [0.5, 0.6) is 0 Å². The van der Waals surface area contributed by atoms with Crippen molar-refractivity contribution in [2.45, 2.75) is 39.5 Å². The van der Waals surface area contributed by atoms with Crippen LogP contribution in [0.3, 0.4) is 0 Å². The molecule has 2 amide bonds. The summed E-state index contributed by atoms with van der Waals surface area (Å²) in [5.74, 6) is -0.200. The van der Waals surface area contributed by atoms with Gasteiger partial charge in [-0.3, -0.25) is 9.59 Å². The molecule has 178 valence electrons. The molecule has 0 spiro atoms. The van der Waals surface area contributed by atoms with Crippen LogP contribution < -0.4 is 10.6 Å². The summed E-state index contributed by atoms with van der Waals surface area (Å²) in [5, 5.41) is 29.8. The summed E-state index contributed by atoms with van der Waals surface area (Å²) in [6.45, 7) is 4.13. The molecule has 2 aromatic carbocycles. The number of fused-ring (bicyclic) bond motifs is 1. The van der Waals surface area contributed by atoms with Gasteiger partial charge in [0.15, 0.2) is 0 Å². The first kappa shape index (κ1) is 23.6. The molecule has 1 unspecified atom stereocenters. The number of amides is 2. The first-order valence-corrected chi connectivity index (χ1v) is 11.6. The Morgan fingerprint density at radius 3 is 2.69 bits per heavy atom. The zero-order valence-electron chi connectivity index (χ0n) is 19.6. The SMILES string of the molecule is CCCCC(CC)C(=O)Nc1cccc2cc(C(=O)Nc3ccc(C#N)cc3-c3nn[nH]n3)[nH]c12. The molecule has 0 radical (unpaired) electrons. The smallest absolute Gasteiger partial charge is 0.272 e. The van der Waals surface area contributed by atoms with Crippen LogP contribution in [-0.2, 0) is 4.79 Å². The molecule has 0 aliphatic rings. The van der Waals surface area contributed by atoms with Gasteiger partial charge in [-0.2, -0.15) is 10.5 Å². The average molecular weight is 471 g/mol. The van der Waals surface area contributed by atoms with Gasteiger partial charge in [-0.25, -0.2) is 0 Å². The van der Waals surface area contributed by atoms with Crippen molar-refractivity contribution in [3.8, 4) is 17.5 Å². The topological polar surface area (TPSA) is 152 Å². The van der Waals surface area contributed by atoms with Crippen molar-refractivity contribution in [2.75, 3.05) is 10.6 Å². The molecule has 0 aliphatic heterocycles. The minimum atomic E-state index is -0.387. The molecule has 0 aliphatic carbocycles. The normalized spacial score (nSPS) is 11.7. The van der Waals surface area contributed by atoms with E-state index >= 15 is 0 Å². The summed E-state index contributed by atoms with van der Waals surface area (Å²) in [6.07, 6.45) is 3.67. The molecule has 4 rings (SSSR count). The zero-order valence-corrected chi connectivity index (χ0v) is 19.6. The van der Waals surface area contributed by atoms with Gasteiger partial charge >= 0.3 is 0 Å². The van der Waals surface area contributed by atoms with Crippen LogP contribution in [0.15, 0.2) is 42.5 Å². The highest BCUT2D eigenvalue weighted by molar-refractivity contribution is 6.09. The summed E-state index contributed by atoms with van der Waals surface area (Å²) >= 11 is 0. The number of nitriles is 1. The summed E-state index contributed by atoms with van der Waals surface area (Å²) in [4.78, 5) is 29.1. The number of anilines is 2. The Kier molecular flexibility index (Phi) is 7.16. The van der Waals surface area contributed by atoms with Crippen molar-refractivity contribution in [2.24, 2.45) is 5.92 Å². The van der Waals surface area contributed by atoms with Gasteiger partial charge < -0.3 is 15.6 Å². The molecule has 4 aromatic rings. The van der Waals surface area contributed by atoms with Crippen molar-refractivity contribution in [1.82, 2.24) is 25.6 Å². The number of rotatable bonds is 9. The number of nitrogens with one attached hydrogen (secondary N) is 4. The molecular formula is C25H26N8O2. The number of carbonyl (C=O) groups excluding carboxylic acids is 2. The lowest BCUT2D eigenvalue weighted by molar-refractivity contribution is -0.120. The van der Waals surface area contributed by atoms with Crippen LogP contribution in [0.25, 0.3) is 22.3 Å². The van der Waals surface area contributed by atoms with E-state index in [2.05, 4.69) is 49.2 Å². The van der Waals surface area contributed by atoms with Gasteiger partial charge in [-0.15, -0.1) is 10.2 Å². The quantitative estimate of drug-likeness (QED) is 0.280. The number of unbranched alkanes of at least 4 members (excludes halogenated alkanes) is 1. The van der Waals surface area contributed by atoms with E-state index in [1.807, 2.05) is 25.1 Å². The highest BCUT2D eigenvalue weighted by Gasteiger charge is 2.19. The lowest BCUT2D eigenvalue weighted by Gasteiger charge is -2.15. The maximum atomic E-state index is 13.1. The van der Waals surface area contributed by atoms with E-state index in [4.69, 9.17) is 0 Å². The number of nitrogens with zero attached hydrogens (tertiary/aromatic N) is 4. The van der Waals surface area contributed by atoms with Gasteiger partial charge in [-0.1, -0.05) is 38.8 Å². The summed E-state index contributed by atoms with van der Waals surface area (Å²) < 4.78 is 0. The number of para-hydroxylation sites is 1. The minimum absolute atomic E-state index is 0.0172. The van der Waals surface area contributed by atoms with Gasteiger partial charge in [0, 0.05) is 16.9 Å². The molecule has 2 heterocycles. The third-order valence-electron chi connectivity index (χ3n) is 5.91. The second-order valence-corrected chi connectivity index (χ2v) is 8.25. The lowest BCUT2D eigenvalue weighted by atomic mass is 9.98. The van der Waals surface area contributed by atoms with Gasteiger partial charge in [-0.05, 0) is 48.4 Å². The van der Waals surface area contributed by atoms with E-state index < -0.39 is 0 Å². The van der Waals surface area contributed by atoms with Crippen LogP contribution in [0.2, 0.25) is 0 Å². The summed E-state index contributed by atoms with van der Waals surface area (Å²) in [6, 6.07) is 14.1. The molecule has 0 fully saturated rings. The van der Waals surface area contributed by atoms with E-state index in [1.54, 1.807) is 24.3 Å². The molecule has 1 atom stereocenters. The van der Waals surface area contributed by atoms with E-state index in [0.29, 0.717) is 33.7 Å². The Balaban J connectivity index is 1.59. The molecule has 0 bridgehead atoms. The number of hydrogen-bond donors (Lipinski definition) is 4. The standard InChI is InChI=1S/C25H26N8O2/c1-3-5-7-16(4-2)24(34)29-20-9-6-8-17-13-21(27-22(17)20)25(35)28-19-11-10-15(14-26)12-18(19)23-30-32-33-31-23/h6,8-13,16,27H,3-5,7H2,1-2H3,(H,28,35)(H,29,34)(H,30,31,32,33). The molecule has 0 saturated carbocycles. The second-order valence-electron chi connectivity index (χ2n) is 8.25. The fraction of sp³-hybridized carbons (Fsp3) is 0.280. The second kappa shape index (κ2) is 10.6. The van der Waals surface area contributed by atoms with Gasteiger partial charge in [0.1, 0.15) is 5.69 Å². The number of carbonyl (C=O) groups is 2. The number of H-pyrrole nitrogens is 2. The van der Waals surface area contributed by atoms with E-state index in [1.165, 1.54) is 0 Å². The van der Waals surface area contributed by atoms with Crippen LogP contribution in [0.4, 0.5) is 11.4 Å². The Bertz CT molecular complexity index is 1380. The fourth-order valence-corrected chi connectivity index (χ4v) is 3.96. The van der Waals surface area contributed by atoms with Gasteiger partial charge in [0.2, 0.25) is 11.7 Å². The molecule has 10 heteroatoms. The van der Waals surface area contributed by atoms with Crippen molar-refractivity contribution >= 4 is 34.1 Å². The van der Waals surface area contributed by atoms with Gasteiger partial charge in [0.05, 0.1) is 28.5 Å². The zero-order chi connectivity index (χ0) is 24.8. The molecule has 10 nitrogen and oxygen atoms in total. The number of benzene rings is 2. The van der Waals surface area contributed by atoms with Crippen molar-refractivity contribution < 1.29 is 9.59 Å². The number of hydrogen-bond acceptors (Lipinski definition) is 6. The molecule has 0 saturated heterocycles. The van der Waals surface area contributed by atoms with Crippen LogP contribution in [0.1, 0.15) is 55.6 Å². The Hall–Kier alpha value is -4.52. The van der Waals surface area contributed by atoms with Crippen LogP contribution in [0, 0.1) is 17.2 Å². The highest BCUT2D eigenvalue weighted by atomic mass is 16.2. The lowest BCUT2D eigenvalue weighted by Crippen LogP contribution is -2.22. The number of aromatic amines is 2. The van der Waals surface area contributed by atoms with E-state index in [-0.39, 0.29) is 23.6 Å². The Morgan fingerprint density at radius 1 is 1.11 bits per heavy atom. The van der Waals surface area contributed by atoms with Crippen molar-refractivity contribution in [3.63, 3.8) is 0 Å². The number of tetrazole rings is 1. The van der Waals surface area contributed by atoms with E-state index in [0.717, 1.165) is 31.1 Å². The Labute approximate surface area is 202 Å². The third kappa shape index (κ3) is 5.19. The molecular weight excluding hydrogens is 444 g/mol. The third-order valence-corrected chi connectivity index (χ3v) is 5.91. The van der Waals surface area contributed by atoms with E-state index in [9.17, 15) is 14.9 Å². The first-order chi connectivity index (χ1) is 17.0. The average Bonchev–Trinajstić information content (AvgIpc) is 3.56. The number of aromatic nitrogens is 5. The molecule has 2 aromatic heterocycles. The monoisotopic (exact) mass is 470 g/mol. The predicted molar refractivity (Wildman–Crippen MR) is 133 cm³/mol. The predicted octanol–water partition coefficient (Wildman–Crippen LogP) is 4.63. The highest BCUT2D eigenvalue weighted by Crippen LogP contribution is 2.28. The fourth-order valence-electron chi connectivity index (χ4n) is 3.96.